The van der Waals surface area contributed by atoms with E-state index >= 15 is 0 Å². The minimum absolute atomic E-state index is 0.564. The van der Waals surface area contributed by atoms with Crippen molar-refractivity contribution >= 4 is 20.3 Å². The SMILES string of the molecule is O=[PH+]OCCCCCl. The van der Waals surface area contributed by atoms with Crippen molar-refractivity contribution in [2.45, 2.75) is 12.8 Å². The summed E-state index contributed by atoms with van der Waals surface area (Å²) in [6.07, 6.45) is 1.84. The molecule has 0 heterocycles. The Kier molecular flexibility index (Phi) is 7.67. The smallest absolute Gasteiger partial charge is 0.148 e. The van der Waals surface area contributed by atoms with E-state index in [4.69, 9.17) is 11.6 Å². The van der Waals surface area contributed by atoms with Crippen LogP contribution in [0.15, 0.2) is 0 Å². The van der Waals surface area contributed by atoms with Crippen LogP contribution in [0.4, 0.5) is 0 Å². The fourth-order valence-corrected chi connectivity index (χ4v) is 0.727. The van der Waals surface area contributed by atoms with Gasteiger partial charge >= 0.3 is 8.69 Å². The molecule has 4 heteroatoms. The zero-order valence-electron chi connectivity index (χ0n) is 4.52. The molecule has 2 nitrogen and oxygen atoms in total. The van der Waals surface area contributed by atoms with E-state index in [0.717, 1.165) is 12.8 Å². The fourth-order valence-electron chi connectivity index (χ4n) is 0.310. The Morgan fingerprint density at radius 3 is 2.75 bits per heavy atom. The van der Waals surface area contributed by atoms with Gasteiger partial charge in [-0.25, -0.2) is 0 Å². The van der Waals surface area contributed by atoms with Crippen LogP contribution in [0, 0.1) is 0 Å². The van der Waals surface area contributed by atoms with Crippen molar-refractivity contribution in [2.75, 3.05) is 12.5 Å². The highest BCUT2D eigenvalue weighted by Gasteiger charge is 1.89. The van der Waals surface area contributed by atoms with Gasteiger partial charge in [-0.05, 0) is 17.4 Å². The molecule has 1 atom stereocenters. The van der Waals surface area contributed by atoms with E-state index in [2.05, 4.69) is 4.52 Å². The van der Waals surface area contributed by atoms with Crippen molar-refractivity contribution in [1.82, 2.24) is 0 Å². The fraction of sp³-hybridized carbons (Fsp3) is 1.00. The summed E-state index contributed by atoms with van der Waals surface area (Å²) >= 11 is 5.35. The van der Waals surface area contributed by atoms with Gasteiger partial charge in [-0.3, -0.25) is 0 Å². The van der Waals surface area contributed by atoms with Crippen LogP contribution in [-0.4, -0.2) is 12.5 Å². The van der Waals surface area contributed by atoms with Crippen LogP contribution in [0.2, 0.25) is 0 Å². The Balaban J connectivity index is 2.62. The van der Waals surface area contributed by atoms with Crippen molar-refractivity contribution in [1.29, 1.82) is 0 Å². The second kappa shape index (κ2) is 7.35. The Hall–Kier alpha value is 0.350. The molecule has 1 unspecified atom stereocenters. The number of rotatable bonds is 5. The van der Waals surface area contributed by atoms with Crippen molar-refractivity contribution in [3.63, 3.8) is 0 Å². The first-order chi connectivity index (χ1) is 3.91. The lowest BCUT2D eigenvalue weighted by molar-refractivity contribution is 0.334. The van der Waals surface area contributed by atoms with E-state index in [0.29, 0.717) is 12.5 Å². The van der Waals surface area contributed by atoms with Crippen molar-refractivity contribution < 1.29 is 9.09 Å². The monoisotopic (exact) mass is 155 g/mol. The lowest BCUT2D eigenvalue weighted by atomic mass is 10.4. The van der Waals surface area contributed by atoms with Crippen LogP contribution in [-0.2, 0) is 9.09 Å². The minimum atomic E-state index is -0.624. The molecule has 0 fully saturated rings. The molecule has 0 aliphatic heterocycles. The molecule has 0 aliphatic rings. The highest BCUT2D eigenvalue weighted by atomic mass is 35.5. The van der Waals surface area contributed by atoms with Gasteiger partial charge < -0.3 is 0 Å². The number of hydrogen-bond acceptors (Lipinski definition) is 2. The number of alkyl halides is 1. The van der Waals surface area contributed by atoms with E-state index in [9.17, 15) is 4.57 Å². The maximum absolute atomic E-state index is 9.67. The second-order valence-electron chi connectivity index (χ2n) is 1.33. The molecular formula is C4H9ClO2P+. The number of unbranched alkanes of at least 4 members (excludes halogenated alkanes) is 1. The standard InChI is InChI=1S/C4H9ClO2P/c5-3-1-2-4-7-8-6/h8H,1-4H2/q+1. The quantitative estimate of drug-likeness (QED) is 0.345. The third kappa shape index (κ3) is 6.35. The second-order valence-corrected chi connectivity index (χ2v) is 2.16. The molecule has 0 aliphatic carbocycles. The molecule has 0 radical (unpaired) electrons. The minimum Gasteiger partial charge on any atom is -0.148 e. The summed E-state index contributed by atoms with van der Waals surface area (Å²) < 4.78 is 14.2. The molecule has 0 aromatic carbocycles. The summed E-state index contributed by atoms with van der Waals surface area (Å²) in [5.41, 5.74) is 0. The summed E-state index contributed by atoms with van der Waals surface area (Å²) in [5, 5.41) is 0. The van der Waals surface area contributed by atoms with Crippen LogP contribution in [0.5, 0.6) is 0 Å². The zero-order chi connectivity index (χ0) is 6.24. The largest absolute Gasteiger partial charge is 0.494 e. The molecule has 0 bridgehead atoms. The van der Waals surface area contributed by atoms with Gasteiger partial charge in [-0.2, -0.15) is 0 Å². The Labute approximate surface area is 55.5 Å². The van der Waals surface area contributed by atoms with Gasteiger partial charge in [0.2, 0.25) is 0 Å². The summed E-state index contributed by atoms with van der Waals surface area (Å²) in [5.74, 6) is 0.658. The lowest BCUT2D eigenvalue weighted by Crippen LogP contribution is -1.83. The van der Waals surface area contributed by atoms with E-state index in [1.165, 1.54) is 0 Å². The van der Waals surface area contributed by atoms with E-state index < -0.39 is 8.69 Å². The van der Waals surface area contributed by atoms with Crippen LogP contribution in [0.3, 0.4) is 0 Å². The molecule has 0 saturated heterocycles. The van der Waals surface area contributed by atoms with Crippen molar-refractivity contribution in [3.05, 3.63) is 0 Å². The zero-order valence-corrected chi connectivity index (χ0v) is 6.28. The Morgan fingerprint density at radius 2 is 2.25 bits per heavy atom. The Morgan fingerprint density at radius 1 is 1.50 bits per heavy atom. The molecule has 0 amide bonds. The maximum atomic E-state index is 9.67. The van der Waals surface area contributed by atoms with Gasteiger partial charge in [0, 0.05) is 5.88 Å². The first-order valence-corrected chi connectivity index (χ1v) is 3.82. The predicted molar refractivity (Wildman–Crippen MR) is 34.9 cm³/mol. The third-order valence-corrected chi connectivity index (χ3v) is 1.28. The highest BCUT2D eigenvalue weighted by Crippen LogP contribution is 1.98. The van der Waals surface area contributed by atoms with Crippen LogP contribution in [0.1, 0.15) is 12.8 Å². The van der Waals surface area contributed by atoms with Gasteiger partial charge in [-0.1, -0.05) is 0 Å². The summed E-state index contributed by atoms with van der Waals surface area (Å²) in [6.45, 7) is 0.564. The Bertz CT molecular complexity index is 60.0. The molecule has 8 heavy (non-hydrogen) atoms. The summed E-state index contributed by atoms with van der Waals surface area (Å²) in [6, 6.07) is 0. The molecule has 0 N–H and O–H groups in total. The van der Waals surface area contributed by atoms with Crippen molar-refractivity contribution in [2.24, 2.45) is 0 Å². The van der Waals surface area contributed by atoms with Crippen molar-refractivity contribution in [3.8, 4) is 0 Å². The highest BCUT2D eigenvalue weighted by molar-refractivity contribution is 7.17. The van der Waals surface area contributed by atoms with E-state index in [1.54, 1.807) is 0 Å². The van der Waals surface area contributed by atoms with Gasteiger partial charge in [0.25, 0.3) is 0 Å². The molecule has 0 spiro atoms. The van der Waals surface area contributed by atoms with Gasteiger partial charge in [-0.15, -0.1) is 16.1 Å². The van der Waals surface area contributed by atoms with E-state index in [1.807, 2.05) is 0 Å². The molecule has 0 rings (SSSR count). The third-order valence-electron chi connectivity index (χ3n) is 0.689. The van der Waals surface area contributed by atoms with Crippen LogP contribution in [0.25, 0.3) is 0 Å². The first-order valence-electron chi connectivity index (χ1n) is 2.46. The molecule has 0 saturated carbocycles. The predicted octanol–water partition coefficient (Wildman–Crippen LogP) is 1.96. The van der Waals surface area contributed by atoms with Crippen LogP contribution < -0.4 is 0 Å². The molecule has 48 valence electrons. The van der Waals surface area contributed by atoms with Gasteiger partial charge in [0.05, 0.1) is 0 Å². The average molecular weight is 156 g/mol. The number of hydrogen-bond donors (Lipinski definition) is 0. The van der Waals surface area contributed by atoms with E-state index in [-0.39, 0.29) is 0 Å². The van der Waals surface area contributed by atoms with Gasteiger partial charge in [0.15, 0.2) is 0 Å². The molecular weight excluding hydrogens is 146 g/mol. The van der Waals surface area contributed by atoms with Crippen LogP contribution >= 0.6 is 20.3 Å². The molecule has 0 aromatic rings. The van der Waals surface area contributed by atoms with Gasteiger partial charge in [0.1, 0.15) is 6.61 Å². The maximum Gasteiger partial charge on any atom is 0.494 e. The summed E-state index contributed by atoms with van der Waals surface area (Å²) in [4.78, 5) is 0. The first kappa shape index (κ1) is 8.35. The lowest BCUT2D eigenvalue weighted by Gasteiger charge is -1.85. The topological polar surface area (TPSA) is 26.3 Å². The molecule has 0 aromatic heterocycles. The summed E-state index contributed by atoms with van der Waals surface area (Å²) in [7, 11) is -0.624. The number of halogens is 1. The normalized spacial score (nSPS) is 10.1. The average Bonchev–Trinajstić information content (AvgIpc) is 1.81.